The highest BCUT2D eigenvalue weighted by Crippen LogP contribution is 2.29. The number of para-hydroxylation sites is 1. The van der Waals surface area contributed by atoms with Gasteiger partial charge in [0, 0.05) is 6.42 Å². The van der Waals surface area contributed by atoms with E-state index in [0.717, 1.165) is 15.5 Å². The van der Waals surface area contributed by atoms with Crippen LogP contribution in [0.5, 0.6) is 11.5 Å². The van der Waals surface area contributed by atoms with E-state index in [1.54, 1.807) is 43.3 Å². The molecule has 0 saturated carbocycles. The van der Waals surface area contributed by atoms with Crippen molar-refractivity contribution in [3.05, 3.63) is 90.5 Å². The van der Waals surface area contributed by atoms with Gasteiger partial charge in [0.2, 0.25) is 17.7 Å². The molecule has 35 heavy (non-hydrogen) atoms. The predicted octanol–water partition coefficient (Wildman–Crippen LogP) is 3.62. The van der Waals surface area contributed by atoms with Crippen molar-refractivity contribution in [1.29, 1.82) is 0 Å². The van der Waals surface area contributed by atoms with Gasteiger partial charge in [-0.05, 0) is 42.0 Å². The van der Waals surface area contributed by atoms with E-state index in [9.17, 15) is 19.2 Å². The number of hydrogen-bond acceptors (Lipinski definition) is 5. The third-order valence-corrected chi connectivity index (χ3v) is 5.53. The maximum Gasteiger partial charge on any atom is 0.259 e. The van der Waals surface area contributed by atoms with Crippen molar-refractivity contribution in [3.8, 4) is 11.5 Å². The first-order valence-corrected chi connectivity index (χ1v) is 11.3. The standard InChI is InChI=1S/C27H25N3O5/c1-2-25(32)30(28-24(31)17-19-9-5-3-6-10-19)23-18-26(33)29(27(23)34)20-13-15-22(16-14-20)35-21-11-7-4-8-12-21/h3-16,23H,2,17-18H2,1H3,(H,28,31). The molecule has 4 amide bonds. The van der Waals surface area contributed by atoms with E-state index in [4.69, 9.17) is 4.74 Å². The fraction of sp³-hybridized carbons (Fsp3) is 0.185. The zero-order valence-corrected chi connectivity index (χ0v) is 19.2. The average Bonchev–Trinajstić information content (AvgIpc) is 3.17. The van der Waals surface area contributed by atoms with Crippen molar-refractivity contribution in [3.63, 3.8) is 0 Å². The lowest BCUT2D eigenvalue weighted by Crippen LogP contribution is -2.54. The molecule has 178 valence electrons. The Kier molecular flexibility index (Phi) is 7.21. The van der Waals surface area contributed by atoms with E-state index in [1.165, 1.54) is 0 Å². The highest BCUT2D eigenvalue weighted by Gasteiger charge is 2.45. The lowest BCUT2D eigenvalue weighted by molar-refractivity contribution is -0.147. The Balaban J connectivity index is 1.48. The molecular weight excluding hydrogens is 446 g/mol. The number of hydrogen-bond donors (Lipinski definition) is 1. The van der Waals surface area contributed by atoms with Gasteiger partial charge in [-0.15, -0.1) is 0 Å². The number of hydrazine groups is 1. The van der Waals surface area contributed by atoms with Gasteiger partial charge in [0.1, 0.15) is 17.5 Å². The highest BCUT2D eigenvalue weighted by atomic mass is 16.5. The molecule has 0 aliphatic carbocycles. The Labute approximate surface area is 203 Å². The van der Waals surface area contributed by atoms with E-state index in [0.29, 0.717) is 17.2 Å². The first-order chi connectivity index (χ1) is 17.0. The molecule has 3 aromatic rings. The Bertz CT molecular complexity index is 1210. The Morgan fingerprint density at radius 3 is 2.14 bits per heavy atom. The minimum Gasteiger partial charge on any atom is -0.457 e. The van der Waals surface area contributed by atoms with Crippen LogP contribution in [-0.2, 0) is 25.6 Å². The maximum atomic E-state index is 13.2. The van der Waals surface area contributed by atoms with Crippen molar-refractivity contribution in [1.82, 2.24) is 10.4 Å². The summed E-state index contributed by atoms with van der Waals surface area (Å²) in [5.74, 6) is -0.721. The number of carbonyl (C=O) groups is 4. The lowest BCUT2D eigenvalue weighted by Gasteiger charge is -2.27. The summed E-state index contributed by atoms with van der Waals surface area (Å²) in [7, 11) is 0. The van der Waals surface area contributed by atoms with Gasteiger partial charge >= 0.3 is 0 Å². The fourth-order valence-corrected chi connectivity index (χ4v) is 3.82. The first kappa shape index (κ1) is 23.7. The number of nitrogens with one attached hydrogen (secondary N) is 1. The van der Waals surface area contributed by atoms with Crippen molar-refractivity contribution < 1.29 is 23.9 Å². The summed E-state index contributed by atoms with van der Waals surface area (Å²) in [5.41, 5.74) is 3.67. The number of benzene rings is 3. The molecule has 1 aliphatic heterocycles. The minimum absolute atomic E-state index is 0.0375. The number of amides is 4. The minimum atomic E-state index is -1.12. The second-order valence-electron chi connectivity index (χ2n) is 8.01. The SMILES string of the molecule is CCC(=O)N(NC(=O)Cc1ccccc1)C1CC(=O)N(c2ccc(Oc3ccccc3)cc2)C1=O. The molecule has 0 bridgehead atoms. The van der Waals surface area contributed by atoms with Crippen LogP contribution in [0, 0.1) is 0 Å². The number of rotatable bonds is 7. The topological polar surface area (TPSA) is 96.0 Å². The summed E-state index contributed by atoms with van der Waals surface area (Å²) >= 11 is 0. The molecule has 3 aromatic carbocycles. The van der Waals surface area contributed by atoms with Gasteiger partial charge in [-0.2, -0.15) is 0 Å². The maximum absolute atomic E-state index is 13.2. The van der Waals surface area contributed by atoms with Crippen LogP contribution in [0.3, 0.4) is 0 Å². The smallest absolute Gasteiger partial charge is 0.259 e. The molecule has 4 rings (SSSR count). The molecule has 1 N–H and O–H groups in total. The van der Waals surface area contributed by atoms with Crippen LogP contribution < -0.4 is 15.1 Å². The molecule has 8 heteroatoms. The summed E-state index contributed by atoms with van der Waals surface area (Å²) in [6.45, 7) is 1.63. The molecule has 0 spiro atoms. The fourth-order valence-electron chi connectivity index (χ4n) is 3.82. The Morgan fingerprint density at radius 2 is 1.51 bits per heavy atom. The molecule has 0 aromatic heterocycles. The van der Waals surface area contributed by atoms with Crippen molar-refractivity contribution in [2.24, 2.45) is 0 Å². The number of anilines is 1. The van der Waals surface area contributed by atoms with E-state index >= 15 is 0 Å². The van der Waals surface area contributed by atoms with E-state index < -0.39 is 29.7 Å². The Morgan fingerprint density at radius 1 is 0.914 bits per heavy atom. The van der Waals surface area contributed by atoms with Crippen LogP contribution in [0.2, 0.25) is 0 Å². The molecule has 1 fully saturated rings. The first-order valence-electron chi connectivity index (χ1n) is 11.3. The van der Waals surface area contributed by atoms with Crippen LogP contribution in [0.1, 0.15) is 25.3 Å². The monoisotopic (exact) mass is 471 g/mol. The van der Waals surface area contributed by atoms with Crippen LogP contribution >= 0.6 is 0 Å². The predicted molar refractivity (Wildman–Crippen MR) is 129 cm³/mol. The quantitative estimate of drug-likeness (QED) is 0.419. The van der Waals surface area contributed by atoms with Crippen LogP contribution in [0.25, 0.3) is 0 Å². The Hall–Kier alpha value is -4.46. The number of carbonyl (C=O) groups excluding carboxylic acids is 4. The van der Waals surface area contributed by atoms with E-state index in [1.807, 2.05) is 48.5 Å². The summed E-state index contributed by atoms with van der Waals surface area (Å²) < 4.78 is 5.76. The molecule has 0 radical (unpaired) electrons. The molecular formula is C27H25N3O5. The van der Waals surface area contributed by atoms with Gasteiger partial charge in [0.05, 0.1) is 18.5 Å². The summed E-state index contributed by atoms with van der Waals surface area (Å²) in [6, 6.07) is 23.7. The number of nitrogens with zero attached hydrogens (tertiary/aromatic N) is 2. The normalized spacial score (nSPS) is 15.1. The molecule has 1 heterocycles. The van der Waals surface area contributed by atoms with E-state index in [2.05, 4.69) is 5.43 Å². The van der Waals surface area contributed by atoms with Crippen LogP contribution in [-0.4, -0.2) is 34.7 Å². The van der Waals surface area contributed by atoms with Gasteiger partial charge in [-0.3, -0.25) is 24.6 Å². The molecule has 1 atom stereocenters. The average molecular weight is 472 g/mol. The largest absolute Gasteiger partial charge is 0.457 e. The second kappa shape index (κ2) is 10.6. The van der Waals surface area contributed by atoms with Gasteiger partial charge in [0.15, 0.2) is 0 Å². The lowest BCUT2D eigenvalue weighted by atomic mass is 10.1. The third-order valence-electron chi connectivity index (χ3n) is 5.53. The molecule has 8 nitrogen and oxygen atoms in total. The van der Waals surface area contributed by atoms with Crippen molar-refractivity contribution in [2.45, 2.75) is 32.2 Å². The van der Waals surface area contributed by atoms with Gasteiger partial charge < -0.3 is 4.74 Å². The zero-order chi connectivity index (χ0) is 24.8. The summed E-state index contributed by atoms with van der Waals surface area (Å²) in [5, 5.41) is 0.998. The highest BCUT2D eigenvalue weighted by molar-refractivity contribution is 6.23. The zero-order valence-electron chi connectivity index (χ0n) is 19.2. The summed E-state index contributed by atoms with van der Waals surface area (Å²) in [4.78, 5) is 52.3. The van der Waals surface area contributed by atoms with Crippen LogP contribution in [0.15, 0.2) is 84.9 Å². The van der Waals surface area contributed by atoms with Gasteiger partial charge in [-0.25, -0.2) is 9.91 Å². The molecule has 1 saturated heterocycles. The third kappa shape index (κ3) is 5.55. The molecule has 1 unspecified atom stereocenters. The van der Waals surface area contributed by atoms with Gasteiger partial charge in [-0.1, -0.05) is 55.5 Å². The van der Waals surface area contributed by atoms with Gasteiger partial charge in [0.25, 0.3) is 5.91 Å². The van der Waals surface area contributed by atoms with E-state index in [-0.39, 0.29) is 19.3 Å². The second-order valence-corrected chi connectivity index (χ2v) is 8.01. The number of imide groups is 1. The number of ether oxygens (including phenoxy) is 1. The molecule has 1 aliphatic rings. The van der Waals surface area contributed by atoms with Crippen molar-refractivity contribution >= 4 is 29.3 Å². The van der Waals surface area contributed by atoms with Crippen LogP contribution in [0.4, 0.5) is 5.69 Å². The van der Waals surface area contributed by atoms with Crippen molar-refractivity contribution in [2.75, 3.05) is 4.90 Å². The summed E-state index contributed by atoms with van der Waals surface area (Å²) in [6.07, 6.45) is -0.122.